The first kappa shape index (κ1) is 11.9. The van der Waals surface area contributed by atoms with Gasteiger partial charge in [-0.1, -0.05) is 5.16 Å². The van der Waals surface area contributed by atoms with E-state index in [0.717, 1.165) is 4.88 Å². The van der Waals surface area contributed by atoms with E-state index in [1.807, 2.05) is 5.38 Å². The molecule has 0 aliphatic rings. The molecule has 0 saturated heterocycles. The van der Waals surface area contributed by atoms with Gasteiger partial charge in [-0.25, -0.2) is 4.39 Å². The standard InChI is InChI=1S/C13H10FN3OS/c1-7-6-8(2-3-9(7)14)12-16-13(18-17-12)11-10(15)4-5-19-11/h2-6H,15H2,1H3. The van der Waals surface area contributed by atoms with Crippen molar-refractivity contribution in [3.8, 4) is 22.2 Å². The van der Waals surface area contributed by atoms with Gasteiger partial charge in [-0.15, -0.1) is 11.3 Å². The van der Waals surface area contributed by atoms with Crippen LogP contribution in [0.25, 0.3) is 22.2 Å². The highest BCUT2D eigenvalue weighted by molar-refractivity contribution is 7.14. The number of rotatable bonds is 2. The summed E-state index contributed by atoms with van der Waals surface area (Å²) < 4.78 is 18.4. The van der Waals surface area contributed by atoms with E-state index in [9.17, 15) is 4.39 Å². The third-order valence-corrected chi connectivity index (χ3v) is 3.65. The van der Waals surface area contributed by atoms with Crippen molar-refractivity contribution in [3.63, 3.8) is 0 Å². The van der Waals surface area contributed by atoms with E-state index in [2.05, 4.69) is 10.1 Å². The topological polar surface area (TPSA) is 64.9 Å². The smallest absolute Gasteiger partial charge is 0.270 e. The minimum absolute atomic E-state index is 0.255. The van der Waals surface area contributed by atoms with Crippen molar-refractivity contribution in [2.24, 2.45) is 0 Å². The van der Waals surface area contributed by atoms with Crippen molar-refractivity contribution < 1.29 is 8.91 Å². The predicted octanol–water partition coefficient (Wildman–Crippen LogP) is 3.49. The number of nitrogens with two attached hydrogens (primary N) is 1. The summed E-state index contributed by atoms with van der Waals surface area (Å²) in [5.74, 6) is 0.547. The predicted molar refractivity (Wildman–Crippen MR) is 72.2 cm³/mol. The molecule has 3 aromatic rings. The summed E-state index contributed by atoms with van der Waals surface area (Å²) in [7, 11) is 0. The molecule has 2 aromatic heterocycles. The molecule has 0 amide bonds. The van der Waals surface area contributed by atoms with Gasteiger partial charge in [0.1, 0.15) is 10.7 Å². The van der Waals surface area contributed by atoms with Gasteiger partial charge in [0.25, 0.3) is 5.89 Å². The molecule has 0 saturated carbocycles. The molecular formula is C13H10FN3OS. The van der Waals surface area contributed by atoms with E-state index in [1.54, 1.807) is 25.1 Å². The molecule has 0 unspecified atom stereocenters. The molecule has 0 spiro atoms. The molecule has 0 fully saturated rings. The Morgan fingerprint density at radius 1 is 1.32 bits per heavy atom. The van der Waals surface area contributed by atoms with Crippen LogP contribution in [-0.4, -0.2) is 10.1 Å². The van der Waals surface area contributed by atoms with Crippen LogP contribution in [0.3, 0.4) is 0 Å². The molecule has 0 aliphatic carbocycles. The molecule has 0 atom stereocenters. The molecular weight excluding hydrogens is 265 g/mol. The van der Waals surface area contributed by atoms with Crippen molar-refractivity contribution >= 4 is 17.0 Å². The quantitative estimate of drug-likeness (QED) is 0.777. The zero-order chi connectivity index (χ0) is 13.4. The van der Waals surface area contributed by atoms with Gasteiger partial charge in [0, 0.05) is 5.56 Å². The van der Waals surface area contributed by atoms with Crippen LogP contribution < -0.4 is 5.73 Å². The van der Waals surface area contributed by atoms with E-state index in [-0.39, 0.29) is 5.82 Å². The van der Waals surface area contributed by atoms with Gasteiger partial charge in [-0.2, -0.15) is 4.98 Å². The van der Waals surface area contributed by atoms with E-state index >= 15 is 0 Å². The van der Waals surface area contributed by atoms with Crippen molar-refractivity contribution in [2.45, 2.75) is 6.92 Å². The zero-order valence-corrected chi connectivity index (χ0v) is 10.9. The summed E-state index contributed by atoms with van der Waals surface area (Å²) >= 11 is 1.44. The SMILES string of the molecule is Cc1cc(-c2noc(-c3sccc3N)n2)ccc1F. The number of aryl methyl sites for hydroxylation is 1. The summed E-state index contributed by atoms with van der Waals surface area (Å²) in [5, 5.41) is 5.75. The fraction of sp³-hybridized carbons (Fsp3) is 0.0769. The van der Waals surface area contributed by atoms with Crippen LogP contribution in [0.15, 0.2) is 34.2 Å². The summed E-state index contributed by atoms with van der Waals surface area (Å²) in [5.41, 5.74) is 7.66. The Labute approximate surface area is 112 Å². The lowest BCUT2D eigenvalue weighted by atomic mass is 10.1. The minimum atomic E-state index is -0.255. The molecule has 1 aromatic carbocycles. The summed E-state index contributed by atoms with van der Waals surface area (Å²) in [4.78, 5) is 5.03. The van der Waals surface area contributed by atoms with Crippen LogP contribution in [0, 0.1) is 12.7 Å². The van der Waals surface area contributed by atoms with Gasteiger partial charge in [-0.3, -0.25) is 0 Å². The molecule has 0 bridgehead atoms. The number of halogens is 1. The third kappa shape index (κ3) is 2.10. The van der Waals surface area contributed by atoms with Crippen molar-refractivity contribution in [1.82, 2.24) is 10.1 Å². The molecule has 96 valence electrons. The number of nitrogen functional groups attached to an aromatic ring is 1. The Morgan fingerprint density at radius 2 is 2.16 bits per heavy atom. The second kappa shape index (κ2) is 4.47. The second-order valence-corrected chi connectivity index (χ2v) is 5.01. The van der Waals surface area contributed by atoms with E-state index < -0.39 is 0 Å². The van der Waals surface area contributed by atoms with Crippen LogP contribution in [0.1, 0.15) is 5.56 Å². The summed E-state index contributed by atoms with van der Waals surface area (Å²) in [6.45, 7) is 1.69. The lowest BCUT2D eigenvalue weighted by Gasteiger charge is -1.97. The van der Waals surface area contributed by atoms with Crippen molar-refractivity contribution in [2.75, 3.05) is 5.73 Å². The summed E-state index contributed by atoms with van der Waals surface area (Å²) in [6, 6.07) is 6.47. The Balaban J connectivity index is 2.01. The van der Waals surface area contributed by atoms with Crippen molar-refractivity contribution in [3.05, 3.63) is 41.0 Å². The molecule has 0 radical (unpaired) electrons. The van der Waals surface area contributed by atoms with Crippen LogP contribution in [0.5, 0.6) is 0 Å². The van der Waals surface area contributed by atoms with Gasteiger partial charge >= 0.3 is 0 Å². The Kier molecular flexibility index (Phi) is 2.79. The van der Waals surface area contributed by atoms with Crippen LogP contribution in [0.2, 0.25) is 0 Å². The Hall–Kier alpha value is -2.21. The third-order valence-electron chi connectivity index (χ3n) is 2.73. The fourth-order valence-electron chi connectivity index (χ4n) is 1.71. The maximum Gasteiger partial charge on any atom is 0.270 e. The van der Waals surface area contributed by atoms with Gasteiger partial charge < -0.3 is 10.3 Å². The molecule has 2 heterocycles. The first-order valence-electron chi connectivity index (χ1n) is 5.59. The minimum Gasteiger partial charge on any atom is -0.397 e. The summed E-state index contributed by atoms with van der Waals surface area (Å²) in [6.07, 6.45) is 0. The lowest BCUT2D eigenvalue weighted by molar-refractivity contribution is 0.433. The molecule has 2 N–H and O–H groups in total. The van der Waals surface area contributed by atoms with E-state index in [1.165, 1.54) is 17.4 Å². The average Bonchev–Trinajstić information content (AvgIpc) is 3.01. The van der Waals surface area contributed by atoms with E-state index in [0.29, 0.717) is 28.5 Å². The highest BCUT2D eigenvalue weighted by Crippen LogP contribution is 2.31. The normalized spacial score (nSPS) is 10.8. The fourth-order valence-corrected chi connectivity index (χ4v) is 2.45. The number of hydrogen-bond acceptors (Lipinski definition) is 5. The first-order chi connectivity index (χ1) is 9.15. The van der Waals surface area contributed by atoms with E-state index in [4.69, 9.17) is 10.3 Å². The Bertz CT molecular complexity index is 735. The lowest BCUT2D eigenvalue weighted by Crippen LogP contribution is -1.86. The average molecular weight is 275 g/mol. The van der Waals surface area contributed by atoms with Crippen LogP contribution >= 0.6 is 11.3 Å². The second-order valence-electron chi connectivity index (χ2n) is 4.09. The highest BCUT2D eigenvalue weighted by atomic mass is 32.1. The number of aromatic nitrogens is 2. The number of hydrogen-bond donors (Lipinski definition) is 1. The number of benzene rings is 1. The Morgan fingerprint density at radius 3 is 2.84 bits per heavy atom. The number of nitrogens with zero attached hydrogens (tertiary/aromatic N) is 2. The van der Waals surface area contributed by atoms with Crippen LogP contribution in [0.4, 0.5) is 10.1 Å². The number of anilines is 1. The largest absolute Gasteiger partial charge is 0.397 e. The highest BCUT2D eigenvalue weighted by Gasteiger charge is 2.14. The maximum atomic E-state index is 13.2. The first-order valence-corrected chi connectivity index (χ1v) is 6.46. The van der Waals surface area contributed by atoms with Gasteiger partial charge in [0.15, 0.2) is 0 Å². The molecule has 4 nitrogen and oxygen atoms in total. The molecule has 0 aliphatic heterocycles. The van der Waals surface area contributed by atoms with Crippen molar-refractivity contribution in [1.29, 1.82) is 0 Å². The van der Waals surface area contributed by atoms with Crippen LogP contribution in [-0.2, 0) is 0 Å². The van der Waals surface area contributed by atoms with Gasteiger partial charge in [0.05, 0.1) is 5.69 Å². The maximum absolute atomic E-state index is 13.2. The van der Waals surface area contributed by atoms with Gasteiger partial charge in [0.2, 0.25) is 5.82 Å². The molecule has 6 heteroatoms. The van der Waals surface area contributed by atoms with Gasteiger partial charge in [-0.05, 0) is 42.1 Å². The molecule has 19 heavy (non-hydrogen) atoms. The molecule has 3 rings (SSSR count). The zero-order valence-electron chi connectivity index (χ0n) is 10.1. The monoisotopic (exact) mass is 275 g/mol. The number of thiophene rings is 1.